The highest BCUT2D eigenvalue weighted by molar-refractivity contribution is 5.94. The van der Waals surface area contributed by atoms with Gasteiger partial charge in [-0.3, -0.25) is 14.4 Å². The van der Waals surface area contributed by atoms with Gasteiger partial charge in [0.15, 0.2) is 0 Å². The number of carboxylic acid groups (broad SMARTS) is 1. The van der Waals surface area contributed by atoms with Crippen LogP contribution in [0.25, 0.3) is 0 Å². The number of nitrogens with one attached hydrogen (secondary N) is 3. The van der Waals surface area contributed by atoms with Crippen LogP contribution in [0.4, 0.5) is 0 Å². The molecule has 7 N–H and O–H groups in total. The number of carbonyl (C=O) groups excluding carboxylic acids is 3. The summed E-state index contributed by atoms with van der Waals surface area (Å²) in [5.74, 6) is -2.88. The van der Waals surface area contributed by atoms with E-state index in [2.05, 4.69) is 16.0 Å². The largest absolute Gasteiger partial charge is 0.508 e. The summed E-state index contributed by atoms with van der Waals surface area (Å²) in [6, 6.07) is 10.9. The maximum absolute atomic E-state index is 13.3. The smallest absolute Gasteiger partial charge is 0.326 e. The lowest BCUT2D eigenvalue weighted by molar-refractivity contribution is -0.142. The van der Waals surface area contributed by atoms with Gasteiger partial charge in [0.1, 0.15) is 23.9 Å². The van der Waals surface area contributed by atoms with E-state index < -0.39 is 47.9 Å². The van der Waals surface area contributed by atoms with E-state index in [1.165, 1.54) is 19.1 Å². The quantitative estimate of drug-likeness (QED) is 0.233. The molecule has 0 spiro atoms. The van der Waals surface area contributed by atoms with Crippen LogP contribution >= 0.6 is 0 Å². The summed E-state index contributed by atoms with van der Waals surface area (Å²) >= 11 is 0. The number of phenols is 1. The standard InChI is InChI=1S/C27H36N4O6/c1-16(2)13-21(29-24(33)17(3)28)25(34)30-22(14-18-7-5-4-6-8-18)26(35)31-23(27(36)37)15-19-9-11-20(32)12-10-19/h4-12,16-17,21-23,32H,13-15,28H2,1-3H3,(H,29,33)(H,30,34)(H,31,35)(H,36,37). The maximum Gasteiger partial charge on any atom is 0.326 e. The molecule has 2 aromatic carbocycles. The van der Waals surface area contributed by atoms with Crippen molar-refractivity contribution in [1.82, 2.24) is 16.0 Å². The van der Waals surface area contributed by atoms with E-state index in [9.17, 15) is 29.4 Å². The Morgan fingerprint density at radius 1 is 0.730 bits per heavy atom. The highest BCUT2D eigenvalue weighted by Crippen LogP contribution is 2.12. The van der Waals surface area contributed by atoms with Crippen LogP contribution in [0.3, 0.4) is 0 Å². The van der Waals surface area contributed by atoms with Crippen molar-refractivity contribution in [3.05, 3.63) is 65.7 Å². The molecule has 200 valence electrons. The summed E-state index contributed by atoms with van der Waals surface area (Å²) in [5.41, 5.74) is 7.00. The first-order valence-electron chi connectivity index (χ1n) is 12.2. The van der Waals surface area contributed by atoms with E-state index in [0.717, 1.165) is 5.56 Å². The number of phenolic OH excluding ortho intramolecular Hbond substituents is 1. The van der Waals surface area contributed by atoms with Crippen molar-refractivity contribution in [2.45, 2.75) is 64.2 Å². The van der Waals surface area contributed by atoms with Gasteiger partial charge in [-0.2, -0.15) is 0 Å². The van der Waals surface area contributed by atoms with E-state index in [1.54, 1.807) is 36.4 Å². The van der Waals surface area contributed by atoms with Crippen LogP contribution in [0.2, 0.25) is 0 Å². The average Bonchev–Trinajstić information content (AvgIpc) is 2.84. The molecule has 0 aliphatic carbocycles. The van der Waals surface area contributed by atoms with Crippen LogP contribution in [0.5, 0.6) is 5.75 Å². The van der Waals surface area contributed by atoms with Gasteiger partial charge in [0, 0.05) is 12.8 Å². The molecule has 0 radical (unpaired) electrons. The molecule has 2 rings (SSSR count). The summed E-state index contributed by atoms with van der Waals surface area (Å²) in [4.78, 5) is 50.6. The van der Waals surface area contributed by atoms with E-state index >= 15 is 0 Å². The lowest BCUT2D eigenvalue weighted by atomic mass is 10.00. The normalized spacial score (nSPS) is 14.2. The van der Waals surface area contributed by atoms with Gasteiger partial charge in [0.25, 0.3) is 0 Å². The SMILES string of the molecule is CC(C)CC(NC(=O)C(C)N)C(=O)NC(Cc1ccccc1)C(=O)NC(Cc1ccc(O)cc1)C(=O)O. The monoisotopic (exact) mass is 512 g/mol. The fraction of sp³-hybridized carbons (Fsp3) is 0.407. The van der Waals surface area contributed by atoms with Crippen LogP contribution in [0.15, 0.2) is 54.6 Å². The van der Waals surface area contributed by atoms with Crippen LogP contribution in [-0.4, -0.2) is 58.1 Å². The first kappa shape index (κ1) is 29.3. The Morgan fingerprint density at radius 2 is 1.22 bits per heavy atom. The van der Waals surface area contributed by atoms with E-state index in [-0.39, 0.29) is 24.5 Å². The Balaban J connectivity index is 2.24. The number of benzene rings is 2. The van der Waals surface area contributed by atoms with Gasteiger partial charge >= 0.3 is 5.97 Å². The van der Waals surface area contributed by atoms with Crippen molar-refractivity contribution >= 4 is 23.7 Å². The number of carboxylic acids is 1. The molecular formula is C27H36N4O6. The number of aliphatic carboxylic acids is 1. The highest BCUT2D eigenvalue weighted by Gasteiger charge is 2.30. The average molecular weight is 513 g/mol. The van der Waals surface area contributed by atoms with Gasteiger partial charge < -0.3 is 31.9 Å². The molecule has 3 amide bonds. The van der Waals surface area contributed by atoms with E-state index in [0.29, 0.717) is 12.0 Å². The van der Waals surface area contributed by atoms with Crippen LogP contribution in [-0.2, 0) is 32.0 Å². The molecule has 37 heavy (non-hydrogen) atoms. The fourth-order valence-corrected chi connectivity index (χ4v) is 3.68. The van der Waals surface area contributed by atoms with Gasteiger partial charge in [0.2, 0.25) is 17.7 Å². The Kier molecular flexibility index (Phi) is 11.1. The number of aromatic hydroxyl groups is 1. The summed E-state index contributed by atoms with van der Waals surface area (Å²) in [5, 5.41) is 27.0. The summed E-state index contributed by atoms with van der Waals surface area (Å²) in [6.45, 7) is 5.30. The minimum absolute atomic E-state index is 0.0201. The molecule has 0 aliphatic rings. The molecule has 10 nitrogen and oxygen atoms in total. The highest BCUT2D eigenvalue weighted by atomic mass is 16.4. The number of nitrogens with two attached hydrogens (primary N) is 1. The third-order valence-electron chi connectivity index (χ3n) is 5.66. The third kappa shape index (κ3) is 9.92. The zero-order valence-corrected chi connectivity index (χ0v) is 21.3. The molecule has 0 aromatic heterocycles. The second-order valence-corrected chi connectivity index (χ2v) is 9.50. The molecule has 0 saturated heterocycles. The summed E-state index contributed by atoms with van der Waals surface area (Å²) in [6.07, 6.45) is 0.413. The van der Waals surface area contributed by atoms with Gasteiger partial charge in [-0.05, 0) is 42.5 Å². The van der Waals surface area contributed by atoms with Crippen molar-refractivity contribution < 1.29 is 29.4 Å². The zero-order valence-electron chi connectivity index (χ0n) is 21.3. The first-order valence-corrected chi connectivity index (χ1v) is 12.2. The van der Waals surface area contributed by atoms with Crippen molar-refractivity contribution in [3.63, 3.8) is 0 Å². The molecule has 0 aliphatic heterocycles. The topological polar surface area (TPSA) is 171 Å². The Bertz CT molecular complexity index is 1060. The number of hydrogen-bond acceptors (Lipinski definition) is 6. The van der Waals surface area contributed by atoms with E-state index in [4.69, 9.17) is 5.73 Å². The molecule has 0 fully saturated rings. The molecule has 0 heterocycles. The molecule has 0 saturated carbocycles. The number of hydrogen-bond donors (Lipinski definition) is 6. The Morgan fingerprint density at radius 3 is 1.76 bits per heavy atom. The minimum atomic E-state index is -1.27. The summed E-state index contributed by atoms with van der Waals surface area (Å²) in [7, 11) is 0. The van der Waals surface area contributed by atoms with Crippen LogP contribution in [0, 0.1) is 5.92 Å². The van der Waals surface area contributed by atoms with Crippen molar-refractivity contribution in [1.29, 1.82) is 0 Å². The van der Waals surface area contributed by atoms with Crippen molar-refractivity contribution in [2.24, 2.45) is 11.7 Å². The predicted molar refractivity (Wildman–Crippen MR) is 138 cm³/mol. The lowest BCUT2D eigenvalue weighted by Crippen LogP contribution is -2.57. The second kappa shape index (κ2) is 14.0. The Labute approximate surface area is 216 Å². The third-order valence-corrected chi connectivity index (χ3v) is 5.66. The molecule has 4 unspecified atom stereocenters. The Hall–Kier alpha value is -3.92. The van der Waals surface area contributed by atoms with Crippen molar-refractivity contribution in [2.75, 3.05) is 0 Å². The molecular weight excluding hydrogens is 476 g/mol. The van der Waals surface area contributed by atoms with Gasteiger partial charge in [-0.1, -0.05) is 56.3 Å². The van der Waals surface area contributed by atoms with Gasteiger partial charge in [-0.15, -0.1) is 0 Å². The zero-order chi connectivity index (χ0) is 27.5. The summed E-state index contributed by atoms with van der Waals surface area (Å²) < 4.78 is 0. The lowest BCUT2D eigenvalue weighted by Gasteiger charge is -2.26. The molecule has 4 atom stereocenters. The van der Waals surface area contributed by atoms with Crippen LogP contribution < -0.4 is 21.7 Å². The van der Waals surface area contributed by atoms with Gasteiger partial charge in [-0.25, -0.2) is 4.79 Å². The molecule has 10 heteroatoms. The second-order valence-electron chi connectivity index (χ2n) is 9.50. The van der Waals surface area contributed by atoms with Gasteiger partial charge in [0.05, 0.1) is 6.04 Å². The first-order chi connectivity index (χ1) is 17.5. The maximum atomic E-state index is 13.3. The number of rotatable bonds is 13. The predicted octanol–water partition coefficient (Wildman–Crippen LogP) is 1.11. The molecule has 0 bridgehead atoms. The van der Waals surface area contributed by atoms with Crippen molar-refractivity contribution in [3.8, 4) is 5.75 Å². The van der Waals surface area contributed by atoms with Crippen LogP contribution in [0.1, 0.15) is 38.3 Å². The number of carbonyl (C=O) groups is 4. The molecule has 2 aromatic rings. The van der Waals surface area contributed by atoms with E-state index in [1.807, 2.05) is 19.9 Å². The number of amides is 3. The minimum Gasteiger partial charge on any atom is -0.508 e. The fourth-order valence-electron chi connectivity index (χ4n) is 3.68.